The summed E-state index contributed by atoms with van der Waals surface area (Å²) in [6, 6.07) is 12.1. The van der Waals surface area contributed by atoms with Gasteiger partial charge in [0.1, 0.15) is 0 Å². The molecule has 0 spiro atoms. The van der Waals surface area contributed by atoms with E-state index in [2.05, 4.69) is 35.0 Å². The van der Waals surface area contributed by atoms with Crippen molar-refractivity contribution in [1.29, 1.82) is 0 Å². The number of rotatable bonds is 8. The summed E-state index contributed by atoms with van der Waals surface area (Å²) in [5.74, 6) is 0.112. The largest absolute Gasteiger partial charge is 0.324 e. The zero-order valence-electron chi connectivity index (χ0n) is 16.3. The van der Waals surface area contributed by atoms with Crippen molar-refractivity contribution in [1.82, 2.24) is 24.4 Å². The van der Waals surface area contributed by atoms with Gasteiger partial charge in [0, 0.05) is 11.4 Å². The van der Waals surface area contributed by atoms with Crippen molar-refractivity contribution in [2.75, 3.05) is 24.7 Å². The number of nitrogens with one attached hydrogen (secondary N) is 4. The van der Waals surface area contributed by atoms with Crippen LogP contribution in [0.25, 0.3) is 0 Å². The summed E-state index contributed by atoms with van der Waals surface area (Å²) in [4.78, 5) is 12.3. The summed E-state index contributed by atoms with van der Waals surface area (Å²) < 4.78 is 52.4. The number of halogens is 1. The second kappa shape index (κ2) is 9.11. The Morgan fingerprint density at radius 2 is 1.13 bits per heavy atom. The first-order chi connectivity index (χ1) is 14.6. The highest BCUT2D eigenvalue weighted by molar-refractivity contribution is 7.89. The fourth-order valence-corrected chi connectivity index (χ4v) is 4.15. The van der Waals surface area contributed by atoms with Crippen molar-refractivity contribution in [3.63, 3.8) is 0 Å². The molecule has 0 radical (unpaired) electrons. The van der Waals surface area contributed by atoms with Gasteiger partial charge in [-0.25, -0.2) is 26.3 Å². The molecule has 0 amide bonds. The van der Waals surface area contributed by atoms with E-state index in [9.17, 15) is 16.8 Å². The SMILES string of the molecule is CNS(=O)(=O)c1cccc(Nc2nc(Cl)nc(Nc3cccc(S(=O)(=O)NC)c3)n2)c1. The van der Waals surface area contributed by atoms with E-state index in [-0.39, 0.29) is 27.0 Å². The Morgan fingerprint density at radius 1 is 0.710 bits per heavy atom. The van der Waals surface area contributed by atoms with Crippen molar-refractivity contribution in [2.24, 2.45) is 0 Å². The second-order valence-electron chi connectivity index (χ2n) is 5.97. The summed E-state index contributed by atoms with van der Waals surface area (Å²) in [6.45, 7) is 0. The van der Waals surface area contributed by atoms with E-state index in [0.717, 1.165) is 0 Å². The third-order valence-electron chi connectivity index (χ3n) is 3.95. The van der Waals surface area contributed by atoms with E-state index >= 15 is 0 Å². The molecule has 0 saturated heterocycles. The van der Waals surface area contributed by atoms with E-state index < -0.39 is 20.0 Å². The molecule has 0 fully saturated rings. The van der Waals surface area contributed by atoms with Gasteiger partial charge in [0.25, 0.3) is 0 Å². The highest BCUT2D eigenvalue weighted by Gasteiger charge is 2.14. The van der Waals surface area contributed by atoms with Crippen LogP contribution in [0.2, 0.25) is 5.28 Å². The lowest BCUT2D eigenvalue weighted by molar-refractivity contribution is 0.586. The fourth-order valence-electron chi connectivity index (χ4n) is 2.44. The molecule has 0 aliphatic rings. The Morgan fingerprint density at radius 3 is 1.52 bits per heavy atom. The first-order valence-electron chi connectivity index (χ1n) is 8.66. The number of hydrogen-bond acceptors (Lipinski definition) is 9. The van der Waals surface area contributed by atoms with Gasteiger partial charge >= 0.3 is 0 Å². The minimum absolute atomic E-state index is 0.0560. The molecule has 1 aromatic heterocycles. The summed E-state index contributed by atoms with van der Waals surface area (Å²) >= 11 is 5.98. The number of aromatic nitrogens is 3. The van der Waals surface area contributed by atoms with Crippen molar-refractivity contribution < 1.29 is 16.8 Å². The summed E-state index contributed by atoms with van der Waals surface area (Å²) in [5.41, 5.74) is 0.818. The van der Waals surface area contributed by atoms with Gasteiger partial charge in [0.2, 0.25) is 37.2 Å². The number of hydrogen-bond donors (Lipinski definition) is 4. The fraction of sp³-hybridized carbons (Fsp3) is 0.118. The van der Waals surface area contributed by atoms with Gasteiger partial charge in [-0.05, 0) is 62.1 Å². The van der Waals surface area contributed by atoms with Crippen LogP contribution >= 0.6 is 11.6 Å². The number of benzene rings is 2. The van der Waals surface area contributed by atoms with Crippen molar-refractivity contribution >= 4 is 54.9 Å². The van der Waals surface area contributed by atoms with E-state index in [1.54, 1.807) is 24.3 Å². The van der Waals surface area contributed by atoms with Gasteiger partial charge < -0.3 is 10.6 Å². The molecule has 1 heterocycles. The zero-order valence-corrected chi connectivity index (χ0v) is 18.7. The molecule has 11 nitrogen and oxygen atoms in total. The molecule has 0 aliphatic carbocycles. The van der Waals surface area contributed by atoms with Crippen LogP contribution in [-0.2, 0) is 20.0 Å². The Labute approximate surface area is 184 Å². The Hall–Kier alpha value is -2.84. The maximum absolute atomic E-state index is 12.0. The molecule has 0 atom stereocenters. The lowest BCUT2D eigenvalue weighted by Crippen LogP contribution is -2.18. The van der Waals surface area contributed by atoms with Gasteiger partial charge in [-0.1, -0.05) is 12.1 Å². The Bertz CT molecular complexity index is 1220. The molecule has 0 saturated carbocycles. The molecule has 14 heteroatoms. The van der Waals surface area contributed by atoms with Crippen LogP contribution in [0.5, 0.6) is 0 Å². The van der Waals surface area contributed by atoms with Gasteiger partial charge in [0.05, 0.1) is 9.79 Å². The van der Waals surface area contributed by atoms with Crippen LogP contribution in [0, 0.1) is 0 Å². The molecule has 2 aromatic carbocycles. The predicted octanol–water partition coefficient (Wildman–Crippen LogP) is 1.83. The highest BCUT2D eigenvalue weighted by Crippen LogP contribution is 2.22. The van der Waals surface area contributed by atoms with Crippen LogP contribution in [0.3, 0.4) is 0 Å². The molecule has 4 N–H and O–H groups in total. The predicted molar refractivity (Wildman–Crippen MR) is 117 cm³/mol. The van der Waals surface area contributed by atoms with Crippen LogP contribution in [0.4, 0.5) is 23.3 Å². The first-order valence-corrected chi connectivity index (χ1v) is 12.0. The van der Waals surface area contributed by atoms with Gasteiger partial charge in [-0.3, -0.25) is 0 Å². The summed E-state index contributed by atoms with van der Waals surface area (Å²) in [6.07, 6.45) is 0. The van der Waals surface area contributed by atoms with E-state index in [1.807, 2.05) is 0 Å². The van der Waals surface area contributed by atoms with Crippen molar-refractivity contribution in [3.05, 3.63) is 53.8 Å². The van der Waals surface area contributed by atoms with Crippen LogP contribution in [-0.4, -0.2) is 45.9 Å². The summed E-state index contributed by atoms with van der Waals surface area (Å²) in [5, 5.41) is 5.61. The summed E-state index contributed by atoms with van der Waals surface area (Å²) in [7, 11) is -4.62. The van der Waals surface area contributed by atoms with Crippen molar-refractivity contribution in [2.45, 2.75) is 9.79 Å². The monoisotopic (exact) mass is 483 g/mol. The average Bonchev–Trinajstić information content (AvgIpc) is 2.73. The van der Waals surface area contributed by atoms with Gasteiger partial charge in [0.15, 0.2) is 0 Å². The lowest BCUT2D eigenvalue weighted by atomic mass is 10.3. The van der Waals surface area contributed by atoms with E-state index in [0.29, 0.717) is 11.4 Å². The highest BCUT2D eigenvalue weighted by atomic mass is 35.5. The third-order valence-corrected chi connectivity index (χ3v) is 6.94. The topological polar surface area (TPSA) is 155 Å². The molecule has 3 rings (SSSR count). The molecular weight excluding hydrogens is 466 g/mol. The molecule has 0 unspecified atom stereocenters. The molecule has 164 valence electrons. The molecule has 3 aromatic rings. The Balaban J connectivity index is 1.87. The standard InChI is InChI=1S/C17H18ClN7O4S2/c1-19-30(26,27)13-7-3-5-11(9-13)21-16-23-15(18)24-17(25-16)22-12-6-4-8-14(10-12)31(28,29)20-2/h3-10,19-20H,1-2H3,(H2,21,22,23,24,25). The quantitative estimate of drug-likeness (QED) is 0.375. The van der Waals surface area contributed by atoms with Crippen LogP contribution < -0.4 is 20.1 Å². The normalized spacial score (nSPS) is 11.8. The van der Waals surface area contributed by atoms with Crippen molar-refractivity contribution in [3.8, 4) is 0 Å². The van der Waals surface area contributed by atoms with Crippen LogP contribution in [0.1, 0.15) is 0 Å². The van der Waals surface area contributed by atoms with Crippen LogP contribution in [0.15, 0.2) is 58.3 Å². The Kier molecular flexibility index (Phi) is 6.71. The number of anilines is 4. The lowest BCUT2D eigenvalue weighted by Gasteiger charge is -2.10. The maximum atomic E-state index is 12.0. The minimum Gasteiger partial charge on any atom is -0.324 e. The molecule has 0 bridgehead atoms. The van der Waals surface area contributed by atoms with E-state index in [1.165, 1.54) is 38.4 Å². The minimum atomic E-state index is -3.62. The smallest absolute Gasteiger partial charge is 0.240 e. The molecule has 31 heavy (non-hydrogen) atoms. The molecule has 0 aliphatic heterocycles. The van der Waals surface area contributed by atoms with Gasteiger partial charge in [-0.2, -0.15) is 15.0 Å². The second-order valence-corrected chi connectivity index (χ2v) is 10.1. The zero-order chi connectivity index (χ0) is 22.6. The van der Waals surface area contributed by atoms with Gasteiger partial charge in [-0.15, -0.1) is 0 Å². The third kappa shape index (κ3) is 5.65. The first kappa shape index (κ1) is 22.8. The number of nitrogens with zero attached hydrogens (tertiary/aromatic N) is 3. The molecular formula is C17H18ClN7O4S2. The average molecular weight is 484 g/mol. The number of sulfonamides is 2. The maximum Gasteiger partial charge on any atom is 0.240 e. The van der Waals surface area contributed by atoms with E-state index in [4.69, 9.17) is 11.6 Å².